The van der Waals surface area contributed by atoms with E-state index < -0.39 is 23.3 Å². The van der Waals surface area contributed by atoms with Gasteiger partial charge in [0.15, 0.2) is 17.4 Å². The summed E-state index contributed by atoms with van der Waals surface area (Å²) >= 11 is 2.97. The van der Waals surface area contributed by atoms with Crippen molar-refractivity contribution in [3.8, 4) is 5.75 Å². The van der Waals surface area contributed by atoms with Gasteiger partial charge in [-0.2, -0.15) is 0 Å². The molecule has 0 aromatic heterocycles. The summed E-state index contributed by atoms with van der Waals surface area (Å²) in [5, 5.41) is 8.92. The fourth-order valence-corrected chi connectivity index (χ4v) is 1.66. The van der Waals surface area contributed by atoms with E-state index in [4.69, 9.17) is 5.11 Å². The van der Waals surface area contributed by atoms with Crippen molar-refractivity contribution in [3.05, 3.63) is 27.7 Å². The first-order chi connectivity index (χ1) is 7.02. The third kappa shape index (κ3) is 2.29. The van der Waals surface area contributed by atoms with Crippen LogP contribution in [0.1, 0.15) is 18.4 Å². The fourth-order valence-electron chi connectivity index (χ4n) is 1.24. The van der Waals surface area contributed by atoms with Gasteiger partial charge in [0.1, 0.15) is 0 Å². The monoisotopic (exact) mass is 280 g/mol. The van der Waals surface area contributed by atoms with Crippen molar-refractivity contribution in [3.63, 3.8) is 0 Å². The van der Waals surface area contributed by atoms with Crippen LogP contribution in [0.2, 0.25) is 0 Å². The predicted octanol–water partition coefficient (Wildman–Crippen LogP) is 2.83. The lowest BCUT2D eigenvalue weighted by molar-refractivity contribution is 0.268. The Morgan fingerprint density at radius 2 is 2.07 bits per heavy atom. The molecule has 1 rings (SSSR count). The molecule has 1 aromatic rings. The highest BCUT2D eigenvalue weighted by Gasteiger charge is 2.20. The highest BCUT2D eigenvalue weighted by molar-refractivity contribution is 9.10. The number of aliphatic hydroxyl groups is 1. The Kier molecular flexibility index (Phi) is 4.04. The zero-order valence-corrected chi connectivity index (χ0v) is 9.94. The number of benzene rings is 1. The summed E-state index contributed by atoms with van der Waals surface area (Å²) in [6.45, 7) is 1.43. The van der Waals surface area contributed by atoms with Gasteiger partial charge < -0.3 is 9.84 Å². The van der Waals surface area contributed by atoms with E-state index in [-0.39, 0.29) is 16.6 Å². The molecule has 84 valence electrons. The van der Waals surface area contributed by atoms with Gasteiger partial charge in [-0.15, -0.1) is 0 Å². The fraction of sp³-hybridized carbons (Fsp3) is 0.400. The van der Waals surface area contributed by atoms with Gasteiger partial charge in [-0.25, -0.2) is 8.78 Å². The molecular weight excluding hydrogens is 270 g/mol. The Morgan fingerprint density at radius 3 is 2.53 bits per heavy atom. The summed E-state index contributed by atoms with van der Waals surface area (Å²) in [5.41, 5.74) is 0.225. The maximum Gasteiger partial charge on any atom is 0.191 e. The first-order valence-corrected chi connectivity index (χ1v) is 5.14. The summed E-state index contributed by atoms with van der Waals surface area (Å²) in [6.07, 6.45) is 0. The second-order valence-corrected chi connectivity index (χ2v) is 4.05. The maximum absolute atomic E-state index is 13.7. The largest absolute Gasteiger partial charge is 0.491 e. The van der Waals surface area contributed by atoms with Gasteiger partial charge in [-0.05, 0) is 27.6 Å². The molecule has 0 aliphatic heterocycles. The molecule has 2 nitrogen and oxygen atoms in total. The number of ether oxygens (including phenoxy) is 1. The summed E-state index contributed by atoms with van der Waals surface area (Å²) in [4.78, 5) is 0. The molecule has 15 heavy (non-hydrogen) atoms. The molecule has 1 atom stereocenters. The number of aliphatic hydroxyl groups excluding tert-OH is 1. The van der Waals surface area contributed by atoms with Crippen LogP contribution in [0.15, 0.2) is 10.5 Å². The second kappa shape index (κ2) is 4.90. The second-order valence-electron chi connectivity index (χ2n) is 3.19. The molecule has 0 fully saturated rings. The first kappa shape index (κ1) is 12.4. The SMILES string of the molecule is COc1c(F)c(Br)cc(C(C)CO)c1F. The predicted molar refractivity (Wildman–Crippen MR) is 56.1 cm³/mol. The quantitative estimate of drug-likeness (QED) is 0.863. The van der Waals surface area contributed by atoms with E-state index in [9.17, 15) is 8.78 Å². The Bertz CT molecular complexity index is 369. The number of halogens is 3. The van der Waals surface area contributed by atoms with Crippen molar-refractivity contribution in [2.75, 3.05) is 13.7 Å². The summed E-state index contributed by atoms with van der Waals surface area (Å²) in [5.74, 6) is -2.38. The van der Waals surface area contributed by atoms with E-state index in [0.717, 1.165) is 0 Å². The van der Waals surface area contributed by atoms with E-state index >= 15 is 0 Å². The average Bonchev–Trinajstić information content (AvgIpc) is 2.23. The van der Waals surface area contributed by atoms with Crippen LogP contribution in [-0.2, 0) is 0 Å². The minimum Gasteiger partial charge on any atom is -0.491 e. The highest BCUT2D eigenvalue weighted by Crippen LogP contribution is 2.33. The molecule has 0 saturated heterocycles. The van der Waals surface area contributed by atoms with Gasteiger partial charge in [-0.3, -0.25) is 0 Å². The van der Waals surface area contributed by atoms with Crippen LogP contribution in [0.3, 0.4) is 0 Å². The van der Waals surface area contributed by atoms with E-state index in [1.54, 1.807) is 6.92 Å². The van der Waals surface area contributed by atoms with Crippen molar-refractivity contribution in [1.29, 1.82) is 0 Å². The topological polar surface area (TPSA) is 29.5 Å². The zero-order chi connectivity index (χ0) is 11.6. The van der Waals surface area contributed by atoms with Gasteiger partial charge >= 0.3 is 0 Å². The third-order valence-corrected chi connectivity index (χ3v) is 2.73. The highest BCUT2D eigenvalue weighted by atomic mass is 79.9. The lowest BCUT2D eigenvalue weighted by atomic mass is 10.0. The molecule has 1 N–H and O–H groups in total. The molecule has 1 aromatic carbocycles. The zero-order valence-electron chi connectivity index (χ0n) is 8.35. The number of rotatable bonds is 3. The van der Waals surface area contributed by atoms with Crippen molar-refractivity contribution in [2.45, 2.75) is 12.8 Å². The summed E-state index contributed by atoms with van der Waals surface area (Å²) in [6, 6.07) is 1.31. The van der Waals surface area contributed by atoms with Crippen LogP contribution in [0.5, 0.6) is 5.75 Å². The van der Waals surface area contributed by atoms with Crippen LogP contribution in [-0.4, -0.2) is 18.8 Å². The van der Waals surface area contributed by atoms with Crippen molar-refractivity contribution < 1.29 is 18.6 Å². The van der Waals surface area contributed by atoms with Crippen molar-refractivity contribution in [1.82, 2.24) is 0 Å². The van der Waals surface area contributed by atoms with Gasteiger partial charge in [0.2, 0.25) is 0 Å². The Balaban J connectivity index is 3.36. The molecular formula is C10H11BrF2O2. The normalized spacial score (nSPS) is 12.7. The van der Waals surface area contributed by atoms with E-state index in [1.807, 2.05) is 0 Å². The third-order valence-electron chi connectivity index (χ3n) is 2.15. The lowest BCUT2D eigenvalue weighted by Crippen LogP contribution is -2.05. The van der Waals surface area contributed by atoms with Crippen molar-refractivity contribution in [2.24, 2.45) is 0 Å². The minimum atomic E-state index is -0.774. The molecule has 1 unspecified atom stereocenters. The van der Waals surface area contributed by atoms with Crippen LogP contribution in [0, 0.1) is 11.6 Å². The summed E-state index contributed by atoms with van der Waals surface area (Å²) in [7, 11) is 1.20. The van der Waals surface area contributed by atoms with E-state index in [0.29, 0.717) is 0 Å². The molecule has 0 bridgehead atoms. The first-order valence-electron chi connectivity index (χ1n) is 4.35. The molecule has 0 heterocycles. The minimum absolute atomic E-state index is 0.121. The molecule has 0 radical (unpaired) electrons. The number of hydrogen-bond donors (Lipinski definition) is 1. The summed E-state index contributed by atoms with van der Waals surface area (Å²) < 4.78 is 31.7. The Labute approximate surface area is 95.0 Å². The smallest absolute Gasteiger partial charge is 0.191 e. The average molecular weight is 281 g/mol. The molecule has 0 aliphatic rings. The maximum atomic E-state index is 13.7. The number of methoxy groups -OCH3 is 1. The standard InChI is InChI=1S/C10H11BrF2O2/c1-5(4-14)6-3-7(11)9(13)10(15-2)8(6)12/h3,5,14H,4H2,1-2H3. The molecule has 0 aliphatic carbocycles. The van der Waals surface area contributed by atoms with Crippen LogP contribution < -0.4 is 4.74 Å². The van der Waals surface area contributed by atoms with Crippen molar-refractivity contribution >= 4 is 15.9 Å². The van der Waals surface area contributed by atoms with Gasteiger partial charge in [0.25, 0.3) is 0 Å². The van der Waals surface area contributed by atoms with Crippen LogP contribution >= 0.6 is 15.9 Å². The van der Waals surface area contributed by atoms with E-state index in [2.05, 4.69) is 20.7 Å². The van der Waals surface area contributed by atoms with Gasteiger partial charge in [0.05, 0.1) is 11.6 Å². The number of hydrogen-bond acceptors (Lipinski definition) is 2. The molecule has 0 saturated carbocycles. The lowest BCUT2D eigenvalue weighted by Gasteiger charge is -2.13. The van der Waals surface area contributed by atoms with Crippen LogP contribution in [0.4, 0.5) is 8.78 Å². The van der Waals surface area contributed by atoms with Gasteiger partial charge in [-0.1, -0.05) is 6.92 Å². The Hall–Kier alpha value is -0.680. The molecule has 5 heteroatoms. The van der Waals surface area contributed by atoms with Gasteiger partial charge in [0, 0.05) is 12.5 Å². The molecule has 0 amide bonds. The van der Waals surface area contributed by atoms with Crippen LogP contribution in [0.25, 0.3) is 0 Å². The molecule has 0 spiro atoms. The Morgan fingerprint density at radius 1 is 1.47 bits per heavy atom. The van der Waals surface area contributed by atoms with E-state index in [1.165, 1.54) is 13.2 Å².